The number of hydrogen-bond donors (Lipinski definition) is 0. The van der Waals surface area contributed by atoms with Gasteiger partial charge in [0.25, 0.3) is 0 Å². The molecule has 0 heterocycles. The van der Waals surface area contributed by atoms with Crippen LogP contribution >= 0.6 is 11.6 Å². The summed E-state index contributed by atoms with van der Waals surface area (Å²) in [6, 6.07) is 18.0. The second-order valence-electron chi connectivity index (χ2n) is 7.62. The van der Waals surface area contributed by atoms with Gasteiger partial charge in [-0.3, -0.25) is 0 Å². The van der Waals surface area contributed by atoms with Gasteiger partial charge in [-0.2, -0.15) is 0 Å². The summed E-state index contributed by atoms with van der Waals surface area (Å²) in [6.45, 7) is 6.31. The Hall–Kier alpha value is -2.32. The molecule has 152 valence electrons. The molecule has 29 heavy (non-hydrogen) atoms. The Morgan fingerprint density at radius 2 is 1.76 bits per heavy atom. The summed E-state index contributed by atoms with van der Waals surface area (Å²) in [5, 5.41) is 0.673. The highest BCUT2D eigenvalue weighted by atomic mass is 35.5. The minimum Gasteiger partial charge on any atom is -0.463 e. The van der Waals surface area contributed by atoms with Crippen molar-refractivity contribution in [2.75, 3.05) is 6.61 Å². The number of allylic oxidation sites excluding steroid dienone is 2. The van der Waals surface area contributed by atoms with Gasteiger partial charge >= 0.3 is 5.97 Å². The smallest absolute Gasteiger partial charge is 0.334 e. The molecule has 0 aromatic heterocycles. The third-order valence-corrected chi connectivity index (χ3v) is 5.82. The van der Waals surface area contributed by atoms with Crippen LogP contribution in [0.5, 0.6) is 0 Å². The molecule has 3 rings (SSSR count). The molecule has 2 nitrogen and oxygen atoms in total. The molecule has 1 fully saturated rings. The van der Waals surface area contributed by atoms with Crippen molar-refractivity contribution in [1.29, 1.82) is 0 Å². The number of carbonyl (C=O) groups is 1. The van der Waals surface area contributed by atoms with E-state index in [1.54, 1.807) is 0 Å². The van der Waals surface area contributed by atoms with Crippen LogP contribution in [0.2, 0.25) is 5.02 Å². The summed E-state index contributed by atoms with van der Waals surface area (Å²) in [5.74, 6) is -0.0997. The minimum atomic E-state index is -0.349. The fraction of sp³-hybridized carbons (Fsp3) is 0.346. The van der Waals surface area contributed by atoms with E-state index < -0.39 is 0 Å². The zero-order chi connectivity index (χ0) is 20.6. The molecule has 1 saturated carbocycles. The van der Waals surface area contributed by atoms with Crippen molar-refractivity contribution in [3.63, 3.8) is 0 Å². The summed E-state index contributed by atoms with van der Waals surface area (Å²) in [6.07, 6.45) is 8.58. The van der Waals surface area contributed by atoms with E-state index in [-0.39, 0.29) is 11.9 Å². The topological polar surface area (TPSA) is 26.3 Å². The largest absolute Gasteiger partial charge is 0.463 e. The zero-order valence-electron chi connectivity index (χ0n) is 17.1. The SMILES string of the molecule is C=C(C(=O)OCC)C(/C(=C/C1CCCCC1)c1ccccc1)c1ccc(Cl)cc1. The molecule has 0 aliphatic heterocycles. The first kappa shape index (κ1) is 21.4. The molecule has 2 aromatic carbocycles. The van der Waals surface area contributed by atoms with Crippen molar-refractivity contribution in [3.8, 4) is 0 Å². The first-order chi connectivity index (χ1) is 14.1. The van der Waals surface area contributed by atoms with Crippen LogP contribution in [0.25, 0.3) is 5.57 Å². The second kappa shape index (κ2) is 10.5. The highest BCUT2D eigenvalue weighted by Gasteiger charge is 2.28. The summed E-state index contributed by atoms with van der Waals surface area (Å²) in [5.41, 5.74) is 3.69. The molecule has 1 atom stereocenters. The zero-order valence-corrected chi connectivity index (χ0v) is 17.8. The van der Waals surface area contributed by atoms with E-state index >= 15 is 0 Å². The van der Waals surface area contributed by atoms with Crippen LogP contribution in [0.4, 0.5) is 0 Å². The highest BCUT2D eigenvalue weighted by molar-refractivity contribution is 6.30. The quantitative estimate of drug-likeness (QED) is 0.357. The van der Waals surface area contributed by atoms with Crippen LogP contribution in [0, 0.1) is 5.92 Å². The third kappa shape index (κ3) is 5.61. The van der Waals surface area contributed by atoms with Gasteiger partial charge in [0.1, 0.15) is 0 Å². The van der Waals surface area contributed by atoms with Crippen LogP contribution in [-0.4, -0.2) is 12.6 Å². The van der Waals surface area contributed by atoms with Gasteiger partial charge in [-0.15, -0.1) is 0 Å². The lowest BCUT2D eigenvalue weighted by molar-refractivity contribution is -0.138. The predicted octanol–water partition coefficient (Wildman–Crippen LogP) is 7.21. The lowest BCUT2D eigenvalue weighted by Crippen LogP contribution is -2.16. The summed E-state index contributed by atoms with van der Waals surface area (Å²) in [7, 11) is 0. The van der Waals surface area contributed by atoms with E-state index in [9.17, 15) is 4.79 Å². The van der Waals surface area contributed by atoms with Gasteiger partial charge in [-0.25, -0.2) is 4.79 Å². The minimum absolute atomic E-state index is 0.268. The fourth-order valence-electron chi connectivity index (χ4n) is 4.11. The number of benzene rings is 2. The van der Waals surface area contributed by atoms with Crippen molar-refractivity contribution in [2.45, 2.75) is 44.9 Å². The van der Waals surface area contributed by atoms with Gasteiger partial charge < -0.3 is 4.74 Å². The number of halogens is 1. The van der Waals surface area contributed by atoms with E-state index in [4.69, 9.17) is 16.3 Å². The van der Waals surface area contributed by atoms with Gasteiger partial charge in [0.15, 0.2) is 0 Å². The lowest BCUT2D eigenvalue weighted by Gasteiger charge is -2.26. The van der Waals surface area contributed by atoms with Crippen molar-refractivity contribution < 1.29 is 9.53 Å². The molecule has 0 amide bonds. The van der Waals surface area contributed by atoms with E-state index in [2.05, 4.69) is 24.8 Å². The van der Waals surface area contributed by atoms with E-state index in [0.717, 1.165) is 16.7 Å². The van der Waals surface area contributed by atoms with Crippen molar-refractivity contribution in [2.24, 2.45) is 5.92 Å². The molecular formula is C26H29ClO2. The van der Waals surface area contributed by atoms with Gasteiger partial charge in [0.2, 0.25) is 0 Å². The van der Waals surface area contributed by atoms with E-state index in [1.165, 1.54) is 32.1 Å². The first-order valence-electron chi connectivity index (χ1n) is 10.5. The fourth-order valence-corrected chi connectivity index (χ4v) is 4.24. The first-order valence-corrected chi connectivity index (χ1v) is 10.9. The van der Waals surface area contributed by atoms with Crippen molar-refractivity contribution in [1.82, 2.24) is 0 Å². The molecule has 0 saturated heterocycles. The van der Waals surface area contributed by atoms with Crippen molar-refractivity contribution in [3.05, 3.63) is 89.0 Å². The molecule has 1 unspecified atom stereocenters. The molecule has 0 bridgehead atoms. The van der Waals surface area contributed by atoms with Crippen LogP contribution in [-0.2, 0) is 9.53 Å². The summed E-state index contributed by atoms with van der Waals surface area (Å²) >= 11 is 6.13. The average molecular weight is 409 g/mol. The predicted molar refractivity (Wildman–Crippen MR) is 121 cm³/mol. The maximum atomic E-state index is 12.7. The average Bonchev–Trinajstić information content (AvgIpc) is 2.76. The second-order valence-corrected chi connectivity index (χ2v) is 8.05. The van der Waals surface area contributed by atoms with Crippen LogP contribution in [0.15, 0.2) is 72.8 Å². The molecule has 0 radical (unpaired) electrons. The molecule has 1 aliphatic rings. The maximum absolute atomic E-state index is 12.7. The molecule has 1 aliphatic carbocycles. The van der Waals surface area contributed by atoms with Gasteiger partial charge in [-0.1, -0.05) is 86.0 Å². The Morgan fingerprint density at radius 1 is 1.10 bits per heavy atom. The van der Waals surface area contributed by atoms with Gasteiger partial charge in [-0.05, 0) is 54.5 Å². The van der Waals surface area contributed by atoms with Crippen LogP contribution in [0.3, 0.4) is 0 Å². The molecular weight excluding hydrogens is 380 g/mol. The number of esters is 1. The van der Waals surface area contributed by atoms with Gasteiger partial charge in [0, 0.05) is 16.5 Å². The Labute approximate surface area is 179 Å². The number of ether oxygens (including phenoxy) is 1. The summed E-state index contributed by atoms with van der Waals surface area (Å²) < 4.78 is 5.31. The van der Waals surface area contributed by atoms with Crippen molar-refractivity contribution >= 4 is 23.1 Å². The van der Waals surface area contributed by atoms with E-state index in [1.807, 2.05) is 49.4 Å². The number of rotatable bonds is 7. The maximum Gasteiger partial charge on any atom is 0.334 e. The Morgan fingerprint density at radius 3 is 2.38 bits per heavy atom. The molecule has 0 spiro atoms. The third-order valence-electron chi connectivity index (χ3n) is 5.57. The van der Waals surface area contributed by atoms with Crippen LogP contribution in [0.1, 0.15) is 56.1 Å². The molecule has 2 aromatic rings. The van der Waals surface area contributed by atoms with E-state index in [0.29, 0.717) is 23.1 Å². The standard InChI is InChI=1S/C26H29ClO2/c1-3-29-26(28)19(2)25(22-14-16-23(27)17-15-22)24(21-12-8-5-9-13-21)18-20-10-6-4-7-11-20/h5,8-9,12-18,20,25H,2-4,6-7,10-11H2,1H3/b24-18+. The Bertz CT molecular complexity index is 846. The Kier molecular flexibility index (Phi) is 7.71. The normalized spacial score (nSPS) is 16.3. The molecule has 3 heteroatoms. The van der Waals surface area contributed by atoms with Crippen LogP contribution < -0.4 is 0 Å². The molecule has 0 N–H and O–H groups in total. The highest BCUT2D eigenvalue weighted by Crippen LogP contribution is 2.40. The Balaban J connectivity index is 2.10. The monoisotopic (exact) mass is 408 g/mol. The lowest BCUT2D eigenvalue weighted by atomic mass is 9.78. The van der Waals surface area contributed by atoms with Gasteiger partial charge in [0.05, 0.1) is 6.61 Å². The number of hydrogen-bond acceptors (Lipinski definition) is 2. The summed E-state index contributed by atoms with van der Waals surface area (Å²) in [4.78, 5) is 12.7. The number of carbonyl (C=O) groups excluding carboxylic acids is 1.